The summed E-state index contributed by atoms with van der Waals surface area (Å²) < 4.78 is 39.1. The van der Waals surface area contributed by atoms with Crippen LogP contribution < -0.4 is 10.5 Å². The van der Waals surface area contributed by atoms with Crippen molar-refractivity contribution < 1.29 is 17.9 Å². The van der Waals surface area contributed by atoms with Crippen LogP contribution in [0.15, 0.2) is 24.3 Å². The van der Waals surface area contributed by atoms with Crippen LogP contribution in [0.3, 0.4) is 0 Å². The molecular weight excluding hydrogens is 207 g/mol. The Hall–Kier alpha value is -1.23. The van der Waals surface area contributed by atoms with Crippen molar-refractivity contribution in [2.75, 3.05) is 6.54 Å². The Morgan fingerprint density at radius 1 is 1.13 bits per heavy atom. The average Bonchev–Trinajstić information content (AvgIpc) is 2.14. The van der Waals surface area contributed by atoms with Gasteiger partial charge in [0.25, 0.3) is 0 Å². The second kappa shape index (κ2) is 5.02. The van der Waals surface area contributed by atoms with Gasteiger partial charge in [-0.2, -0.15) is 0 Å². The Morgan fingerprint density at radius 2 is 1.73 bits per heavy atom. The van der Waals surface area contributed by atoms with Gasteiger partial charge < -0.3 is 4.74 Å². The molecular formula is C10H11F3NO. The zero-order valence-corrected chi connectivity index (χ0v) is 7.97. The normalized spacial score (nSPS) is 11.5. The van der Waals surface area contributed by atoms with Crippen molar-refractivity contribution >= 4 is 0 Å². The third-order valence-electron chi connectivity index (χ3n) is 1.80. The van der Waals surface area contributed by atoms with E-state index in [1.54, 1.807) is 12.1 Å². The maximum absolute atomic E-state index is 11.8. The van der Waals surface area contributed by atoms with E-state index in [0.29, 0.717) is 19.4 Å². The van der Waals surface area contributed by atoms with Crippen molar-refractivity contribution in [3.8, 4) is 5.75 Å². The quantitative estimate of drug-likeness (QED) is 0.764. The smallest absolute Gasteiger partial charge is 0.406 e. The molecule has 1 rings (SSSR count). The fourth-order valence-corrected chi connectivity index (χ4v) is 1.15. The number of ether oxygens (including phenoxy) is 1. The summed E-state index contributed by atoms with van der Waals surface area (Å²) in [4.78, 5) is 0. The monoisotopic (exact) mass is 218 g/mol. The highest BCUT2D eigenvalue weighted by atomic mass is 19.4. The molecule has 0 aliphatic rings. The van der Waals surface area contributed by atoms with Gasteiger partial charge in [0.2, 0.25) is 0 Å². The van der Waals surface area contributed by atoms with Gasteiger partial charge in [-0.3, -0.25) is 5.73 Å². The molecule has 0 heterocycles. The molecule has 83 valence electrons. The third kappa shape index (κ3) is 4.69. The van der Waals surface area contributed by atoms with E-state index in [0.717, 1.165) is 5.56 Å². The minimum Gasteiger partial charge on any atom is -0.406 e. The van der Waals surface area contributed by atoms with Gasteiger partial charge in [0, 0.05) is 6.54 Å². The Balaban J connectivity index is 2.56. The molecule has 1 radical (unpaired) electrons. The van der Waals surface area contributed by atoms with Gasteiger partial charge in [-0.1, -0.05) is 12.1 Å². The van der Waals surface area contributed by atoms with Gasteiger partial charge in [-0.05, 0) is 30.5 Å². The van der Waals surface area contributed by atoms with Crippen LogP contribution in [0.5, 0.6) is 5.75 Å². The molecule has 1 aromatic rings. The minimum atomic E-state index is -4.64. The lowest BCUT2D eigenvalue weighted by Gasteiger charge is -2.08. The second-order valence-corrected chi connectivity index (χ2v) is 3.05. The Labute approximate surface area is 85.8 Å². The summed E-state index contributed by atoms with van der Waals surface area (Å²) in [5.74, 6) is -0.211. The van der Waals surface area contributed by atoms with E-state index >= 15 is 0 Å². The van der Waals surface area contributed by atoms with E-state index in [9.17, 15) is 13.2 Å². The zero-order chi connectivity index (χ0) is 11.3. The molecule has 0 bridgehead atoms. The van der Waals surface area contributed by atoms with Crippen molar-refractivity contribution in [3.63, 3.8) is 0 Å². The molecule has 0 saturated heterocycles. The van der Waals surface area contributed by atoms with E-state index in [1.807, 2.05) is 0 Å². The summed E-state index contributed by atoms with van der Waals surface area (Å²) in [6.07, 6.45) is -3.22. The summed E-state index contributed by atoms with van der Waals surface area (Å²) in [5, 5.41) is 0. The fourth-order valence-electron chi connectivity index (χ4n) is 1.15. The van der Waals surface area contributed by atoms with Crippen molar-refractivity contribution in [2.24, 2.45) is 0 Å². The summed E-state index contributed by atoms with van der Waals surface area (Å²) in [6.45, 7) is 0.320. The lowest BCUT2D eigenvalue weighted by molar-refractivity contribution is -0.274. The van der Waals surface area contributed by atoms with Crippen LogP contribution in [0.4, 0.5) is 13.2 Å². The minimum absolute atomic E-state index is 0.211. The average molecular weight is 218 g/mol. The molecule has 15 heavy (non-hydrogen) atoms. The Kier molecular flexibility index (Phi) is 3.96. The van der Waals surface area contributed by atoms with Crippen LogP contribution >= 0.6 is 0 Å². The van der Waals surface area contributed by atoms with Crippen LogP contribution in [-0.2, 0) is 6.42 Å². The first-order valence-corrected chi connectivity index (χ1v) is 4.50. The molecule has 1 N–H and O–H groups in total. The van der Waals surface area contributed by atoms with Crippen LogP contribution in [0, 0.1) is 0 Å². The van der Waals surface area contributed by atoms with Gasteiger partial charge in [0.1, 0.15) is 5.75 Å². The summed E-state index contributed by atoms with van der Waals surface area (Å²) in [7, 11) is 0. The van der Waals surface area contributed by atoms with Crippen LogP contribution in [0.2, 0.25) is 0 Å². The number of nitrogens with one attached hydrogen (secondary N) is 1. The topological polar surface area (TPSA) is 33.0 Å². The Bertz CT molecular complexity index is 295. The maximum atomic E-state index is 11.8. The van der Waals surface area contributed by atoms with Gasteiger partial charge >= 0.3 is 6.36 Å². The van der Waals surface area contributed by atoms with Crippen molar-refractivity contribution in [2.45, 2.75) is 19.2 Å². The highest BCUT2D eigenvalue weighted by Gasteiger charge is 2.30. The first kappa shape index (κ1) is 11.8. The van der Waals surface area contributed by atoms with Crippen molar-refractivity contribution in [1.82, 2.24) is 5.73 Å². The number of halogens is 3. The lowest BCUT2D eigenvalue weighted by atomic mass is 10.1. The van der Waals surface area contributed by atoms with E-state index in [1.165, 1.54) is 12.1 Å². The number of rotatable bonds is 4. The molecule has 0 aliphatic carbocycles. The van der Waals surface area contributed by atoms with Crippen LogP contribution in [-0.4, -0.2) is 12.9 Å². The Morgan fingerprint density at radius 3 is 2.20 bits per heavy atom. The zero-order valence-electron chi connectivity index (χ0n) is 7.97. The number of hydrogen-bond acceptors (Lipinski definition) is 1. The SMILES string of the molecule is [NH]CCCc1ccc(OC(F)(F)F)cc1. The van der Waals surface area contributed by atoms with Gasteiger partial charge in [0.15, 0.2) is 0 Å². The molecule has 0 unspecified atom stereocenters. The maximum Gasteiger partial charge on any atom is 0.573 e. The number of aryl methyl sites for hydroxylation is 1. The summed E-state index contributed by atoms with van der Waals surface area (Å²) in [5.41, 5.74) is 7.85. The lowest BCUT2D eigenvalue weighted by Crippen LogP contribution is -2.17. The predicted molar refractivity (Wildman–Crippen MR) is 49.4 cm³/mol. The van der Waals surface area contributed by atoms with Gasteiger partial charge in [-0.25, -0.2) is 0 Å². The molecule has 0 aromatic heterocycles. The number of alkyl halides is 3. The first-order chi connectivity index (χ1) is 7.01. The van der Waals surface area contributed by atoms with Gasteiger partial charge in [-0.15, -0.1) is 13.2 Å². The predicted octanol–water partition coefficient (Wildman–Crippen LogP) is 2.80. The highest BCUT2D eigenvalue weighted by molar-refractivity contribution is 5.27. The van der Waals surface area contributed by atoms with Crippen LogP contribution in [0.25, 0.3) is 0 Å². The van der Waals surface area contributed by atoms with Gasteiger partial charge in [0.05, 0.1) is 0 Å². The fraction of sp³-hybridized carbons (Fsp3) is 0.400. The van der Waals surface area contributed by atoms with E-state index in [-0.39, 0.29) is 5.75 Å². The first-order valence-electron chi connectivity index (χ1n) is 4.50. The molecule has 0 aliphatic heterocycles. The number of benzene rings is 1. The van der Waals surface area contributed by atoms with Crippen molar-refractivity contribution in [1.29, 1.82) is 0 Å². The largest absolute Gasteiger partial charge is 0.573 e. The molecule has 2 nitrogen and oxygen atoms in total. The summed E-state index contributed by atoms with van der Waals surface area (Å²) in [6, 6.07) is 5.73. The third-order valence-corrected chi connectivity index (χ3v) is 1.80. The van der Waals surface area contributed by atoms with Crippen LogP contribution in [0.1, 0.15) is 12.0 Å². The molecule has 0 saturated carbocycles. The molecule has 0 fully saturated rings. The van der Waals surface area contributed by atoms with Crippen molar-refractivity contribution in [3.05, 3.63) is 29.8 Å². The molecule has 5 heteroatoms. The standard InChI is InChI=1S/C10H11F3NO/c11-10(12,13)15-9-5-3-8(4-6-9)2-1-7-14/h3-6,14H,1-2,7H2. The second-order valence-electron chi connectivity index (χ2n) is 3.05. The molecule has 0 spiro atoms. The van der Waals surface area contributed by atoms with E-state index < -0.39 is 6.36 Å². The molecule has 0 amide bonds. The highest BCUT2D eigenvalue weighted by Crippen LogP contribution is 2.22. The molecule has 0 atom stereocenters. The van der Waals surface area contributed by atoms with E-state index in [2.05, 4.69) is 4.74 Å². The molecule has 1 aromatic carbocycles. The van der Waals surface area contributed by atoms with E-state index in [4.69, 9.17) is 5.73 Å². The summed E-state index contributed by atoms with van der Waals surface area (Å²) >= 11 is 0. The number of hydrogen-bond donors (Lipinski definition) is 0.